The number of benzene rings is 1. The highest BCUT2D eigenvalue weighted by molar-refractivity contribution is 5.86. The summed E-state index contributed by atoms with van der Waals surface area (Å²) in [7, 11) is 0. The first-order chi connectivity index (χ1) is 5.67. The van der Waals surface area contributed by atoms with E-state index in [1.165, 1.54) is 0 Å². The molecule has 1 aromatic rings. The molecular formula is C9H13Cl3N2O. The molecule has 0 amide bonds. The Balaban J connectivity index is 0. The minimum absolute atomic E-state index is 0. The van der Waals surface area contributed by atoms with Crippen LogP contribution in [0, 0.1) is 0 Å². The van der Waals surface area contributed by atoms with Crippen molar-refractivity contribution in [2.24, 2.45) is 10.7 Å². The van der Waals surface area contributed by atoms with Gasteiger partial charge in [0, 0.05) is 0 Å². The highest BCUT2D eigenvalue weighted by Crippen LogP contribution is 2.31. The molecule has 1 unspecified atom stereocenters. The molecule has 0 spiro atoms. The van der Waals surface area contributed by atoms with Crippen LogP contribution in [0.1, 0.15) is 6.92 Å². The number of fused-ring (bicyclic) bond motifs is 1. The maximum Gasteiger partial charge on any atom is 0.192 e. The first-order valence-electron chi connectivity index (χ1n) is 3.79. The van der Waals surface area contributed by atoms with Gasteiger partial charge in [-0.3, -0.25) is 10.7 Å². The molecule has 0 saturated heterocycles. The van der Waals surface area contributed by atoms with E-state index >= 15 is 0 Å². The average Bonchev–Trinajstić information content (AvgIpc) is 2.02. The van der Waals surface area contributed by atoms with Crippen LogP contribution < -0.4 is 10.5 Å². The van der Waals surface area contributed by atoms with Gasteiger partial charge < -0.3 is 4.74 Å². The van der Waals surface area contributed by atoms with Gasteiger partial charge in [0.1, 0.15) is 11.4 Å². The second-order valence-corrected chi connectivity index (χ2v) is 3.01. The van der Waals surface area contributed by atoms with Crippen molar-refractivity contribution >= 4 is 49.1 Å². The van der Waals surface area contributed by atoms with Gasteiger partial charge in [0.15, 0.2) is 5.72 Å². The van der Waals surface area contributed by atoms with Crippen molar-refractivity contribution in [3.63, 3.8) is 0 Å². The largest absolute Gasteiger partial charge is 0.466 e. The van der Waals surface area contributed by atoms with Crippen molar-refractivity contribution in [2.45, 2.75) is 12.6 Å². The number of nitrogens with two attached hydrogens (primary N) is 1. The fourth-order valence-electron chi connectivity index (χ4n) is 1.11. The number of hydrogen-bond acceptors (Lipinski definition) is 3. The fraction of sp³-hybridized carbons (Fsp3) is 0.222. The molecule has 0 radical (unpaired) electrons. The van der Waals surface area contributed by atoms with E-state index in [4.69, 9.17) is 10.5 Å². The Morgan fingerprint density at radius 1 is 1.20 bits per heavy atom. The van der Waals surface area contributed by atoms with Crippen LogP contribution in [0.15, 0.2) is 29.3 Å². The molecule has 2 rings (SSSR count). The van der Waals surface area contributed by atoms with Gasteiger partial charge in [-0.05, 0) is 19.1 Å². The zero-order chi connectivity index (χ0) is 8.60. The number of para-hydroxylation sites is 2. The number of nitrogens with zero attached hydrogens (tertiary/aromatic N) is 1. The van der Waals surface area contributed by atoms with Crippen LogP contribution in [-0.4, -0.2) is 11.9 Å². The van der Waals surface area contributed by atoms with E-state index < -0.39 is 5.72 Å². The van der Waals surface area contributed by atoms with Crippen LogP contribution in [0.5, 0.6) is 5.75 Å². The van der Waals surface area contributed by atoms with E-state index in [0.29, 0.717) is 0 Å². The summed E-state index contributed by atoms with van der Waals surface area (Å²) >= 11 is 0. The molecule has 1 atom stereocenters. The summed E-state index contributed by atoms with van der Waals surface area (Å²) in [5.41, 5.74) is 5.79. The summed E-state index contributed by atoms with van der Waals surface area (Å²) in [6.45, 7) is 1.77. The van der Waals surface area contributed by atoms with Crippen LogP contribution in [-0.2, 0) is 0 Å². The summed E-state index contributed by atoms with van der Waals surface area (Å²) in [6, 6.07) is 7.56. The van der Waals surface area contributed by atoms with E-state index in [2.05, 4.69) is 4.99 Å². The lowest BCUT2D eigenvalue weighted by molar-refractivity contribution is 0.171. The number of hydrogen-bond donors (Lipinski definition) is 1. The van der Waals surface area contributed by atoms with Gasteiger partial charge in [-0.15, -0.1) is 37.2 Å². The van der Waals surface area contributed by atoms with E-state index in [0.717, 1.165) is 11.4 Å². The van der Waals surface area contributed by atoms with Gasteiger partial charge in [0.2, 0.25) is 0 Å². The van der Waals surface area contributed by atoms with Gasteiger partial charge in [0.25, 0.3) is 0 Å². The van der Waals surface area contributed by atoms with Crippen LogP contribution in [0.4, 0.5) is 5.69 Å². The fourth-order valence-corrected chi connectivity index (χ4v) is 1.11. The molecule has 86 valence electrons. The van der Waals surface area contributed by atoms with Gasteiger partial charge >= 0.3 is 0 Å². The lowest BCUT2D eigenvalue weighted by Gasteiger charge is -2.25. The number of ether oxygens (including phenoxy) is 1. The Morgan fingerprint density at radius 3 is 2.47 bits per heavy atom. The zero-order valence-corrected chi connectivity index (χ0v) is 10.5. The predicted molar refractivity (Wildman–Crippen MR) is 69.6 cm³/mol. The highest BCUT2D eigenvalue weighted by atomic mass is 35.5. The lowest BCUT2D eigenvalue weighted by atomic mass is 10.2. The van der Waals surface area contributed by atoms with Crippen molar-refractivity contribution in [2.75, 3.05) is 0 Å². The molecule has 0 fully saturated rings. The van der Waals surface area contributed by atoms with Crippen LogP contribution in [0.2, 0.25) is 0 Å². The third-order valence-electron chi connectivity index (χ3n) is 1.66. The molecule has 6 heteroatoms. The molecule has 15 heavy (non-hydrogen) atoms. The van der Waals surface area contributed by atoms with E-state index in [-0.39, 0.29) is 37.2 Å². The van der Waals surface area contributed by atoms with Gasteiger partial charge in [-0.2, -0.15) is 0 Å². The molecule has 1 aromatic carbocycles. The zero-order valence-electron chi connectivity index (χ0n) is 8.04. The van der Waals surface area contributed by atoms with Crippen LogP contribution >= 0.6 is 37.2 Å². The SMILES string of the molecule is CC1(N)C=Nc2ccccc2O1.Cl.Cl.Cl. The van der Waals surface area contributed by atoms with Crippen molar-refractivity contribution in [1.82, 2.24) is 0 Å². The Bertz CT molecular complexity index is 342. The minimum Gasteiger partial charge on any atom is -0.466 e. The molecule has 1 aliphatic rings. The standard InChI is InChI=1S/C9H10N2O.3ClH/c1-9(10)6-11-7-4-2-3-5-8(7)12-9;;;/h2-6H,10H2,1H3;3*1H. The van der Waals surface area contributed by atoms with Crippen molar-refractivity contribution in [1.29, 1.82) is 0 Å². The van der Waals surface area contributed by atoms with Crippen molar-refractivity contribution < 1.29 is 4.74 Å². The molecule has 2 N–H and O–H groups in total. The summed E-state index contributed by atoms with van der Waals surface area (Å²) in [4.78, 5) is 4.17. The summed E-state index contributed by atoms with van der Waals surface area (Å²) in [5, 5.41) is 0. The van der Waals surface area contributed by atoms with Crippen LogP contribution in [0.3, 0.4) is 0 Å². The van der Waals surface area contributed by atoms with Crippen molar-refractivity contribution in [3.8, 4) is 5.75 Å². The Kier molecular flexibility index (Phi) is 6.97. The van der Waals surface area contributed by atoms with Gasteiger partial charge in [-0.25, -0.2) is 0 Å². The van der Waals surface area contributed by atoms with E-state index in [9.17, 15) is 0 Å². The molecule has 0 aliphatic carbocycles. The molecular weight excluding hydrogens is 258 g/mol. The summed E-state index contributed by atoms with van der Waals surface area (Å²) in [5.74, 6) is 0.741. The average molecular weight is 272 g/mol. The normalized spacial score (nSPS) is 20.9. The highest BCUT2D eigenvalue weighted by Gasteiger charge is 2.22. The van der Waals surface area contributed by atoms with E-state index in [1.54, 1.807) is 13.1 Å². The topological polar surface area (TPSA) is 47.6 Å². The first kappa shape index (κ1) is 16.9. The maximum atomic E-state index is 5.72. The summed E-state index contributed by atoms with van der Waals surface area (Å²) < 4.78 is 5.45. The molecule has 1 heterocycles. The monoisotopic (exact) mass is 270 g/mol. The summed E-state index contributed by atoms with van der Waals surface area (Å²) in [6.07, 6.45) is 1.61. The maximum absolute atomic E-state index is 5.72. The van der Waals surface area contributed by atoms with Gasteiger partial charge in [-0.1, -0.05) is 12.1 Å². The molecule has 0 aromatic heterocycles. The van der Waals surface area contributed by atoms with E-state index in [1.807, 2.05) is 24.3 Å². The Labute approximate surface area is 107 Å². The second kappa shape index (κ2) is 6.18. The Hall–Kier alpha value is -0.480. The quantitative estimate of drug-likeness (QED) is 0.789. The number of halogens is 3. The van der Waals surface area contributed by atoms with Gasteiger partial charge in [0.05, 0.1) is 6.21 Å². The predicted octanol–water partition coefficient (Wildman–Crippen LogP) is 2.72. The third-order valence-corrected chi connectivity index (χ3v) is 1.66. The number of rotatable bonds is 0. The molecule has 3 nitrogen and oxygen atoms in total. The molecule has 0 bridgehead atoms. The lowest BCUT2D eigenvalue weighted by Crippen LogP contribution is -2.45. The van der Waals surface area contributed by atoms with Crippen LogP contribution in [0.25, 0.3) is 0 Å². The molecule has 0 saturated carbocycles. The Morgan fingerprint density at radius 2 is 1.80 bits per heavy atom. The second-order valence-electron chi connectivity index (χ2n) is 3.01. The third kappa shape index (κ3) is 3.87. The smallest absolute Gasteiger partial charge is 0.192 e. The molecule has 1 aliphatic heterocycles. The number of aliphatic imine (C=N–C) groups is 1. The first-order valence-corrected chi connectivity index (χ1v) is 3.79. The minimum atomic E-state index is -0.769. The van der Waals surface area contributed by atoms with Crippen molar-refractivity contribution in [3.05, 3.63) is 24.3 Å².